The Morgan fingerprint density at radius 3 is 2.71 bits per heavy atom. The van der Waals surface area contributed by atoms with Gasteiger partial charge < -0.3 is 10.1 Å². The van der Waals surface area contributed by atoms with Crippen molar-refractivity contribution in [3.05, 3.63) is 10.9 Å². The zero-order valence-electron chi connectivity index (χ0n) is 7.72. The molecular weight excluding hydrogens is 247 g/mol. The Bertz CT molecular complexity index is 256. The fourth-order valence-corrected chi connectivity index (χ4v) is 1.23. The number of esters is 1. The molecule has 0 fully saturated rings. The van der Waals surface area contributed by atoms with E-state index in [0.29, 0.717) is 5.82 Å². The van der Waals surface area contributed by atoms with Crippen LogP contribution in [0.25, 0.3) is 0 Å². The van der Waals surface area contributed by atoms with Crippen molar-refractivity contribution in [1.29, 1.82) is 0 Å². The van der Waals surface area contributed by atoms with E-state index in [-0.39, 0.29) is 36.8 Å². The molecule has 0 amide bonds. The molecule has 0 aromatic carbocycles. The second-order valence-corrected chi connectivity index (χ2v) is 2.98. The van der Waals surface area contributed by atoms with Crippen molar-refractivity contribution in [3.8, 4) is 0 Å². The minimum absolute atomic E-state index is 0. The molecule has 82 valence electrons. The lowest BCUT2D eigenvalue weighted by molar-refractivity contribution is -0.141. The molecule has 0 aliphatic carbocycles. The standard InChI is InChI=1S/C7H10N2O2S.2ClH/c1-5(7(10)11-2)9-6-3-12-4-8-6;;/h3-5,9H,1-2H3;2*1H/t5-;;/m0../s1. The molecule has 0 radical (unpaired) electrons. The van der Waals surface area contributed by atoms with Crippen LogP contribution < -0.4 is 5.32 Å². The van der Waals surface area contributed by atoms with Crippen molar-refractivity contribution in [1.82, 2.24) is 4.98 Å². The van der Waals surface area contributed by atoms with Gasteiger partial charge in [-0.3, -0.25) is 0 Å². The Labute approximate surface area is 98.9 Å². The van der Waals surface area contributed by atoms with Gasteiger partial charge in [0.2, 0.25) is 0 Å². The third kappa shape index (κ3) is 4.64. The van der Waals surface area contributed by atoms with E-state index in [1.54, 1.807) is 12.4 Å². The lowest BCUT2D eigenvalue weighted by Gasteiger charge is -2.09. The highest BCUT2D eigenvalue weighted by Gasteiger charge is 2.12. The average molecular weight is 259 g/mol. The van der Waals surface area contributed by atoms with Gasteiger partial charge in [0, 0.05) is 5.38 Å². The number of ether oxygens (including phenoxy) is 1. The minimum atomic E-state index is -0.350. The van der Waals surface area contributed by atoms with Crippen LogP contribution in [-0.4, -0.2) is 24.1 Å². The Morgan fingerprint density at radius 2 is 2.29 bits per heavy atom. The van der Waals surface area contributed by atoms with Crippen LogP contribution in [0.3, 0.4) is 0 Å². The third-order valence-electron chi connectivity index (χ3n) is 1.35. The van der Waals surface area contributed by atoms with E-state index in [1.807, 2.05) is 5.38 Å². The van der Waals surface area contributed by atoms with E-state index < -0.39 is 0 Å². The number of halogens is 2. The Hall–Kier alpha value is -0.520. The van der Waals surface area contributed by atoms with Crippen LogP contribution in [0.4, 0.5) is 5.82 Å². The van der Waals surface area contributed by atoms with E-state index in [4.69, 9.17) is 0 Å². The number of methoxy groups -OCH3 is 1. The largest absolute Gasteiger partial charge is 0.467 e. The summed E-state index contributed by atoms with van der Waals surface area (Å²) in [6.45, 7) is 1.73. The van der Waals surface area contributed by atoms with Gasteiger partial charge in [-0.15, -0.1) is 36.2 Å². The molecule has 1 aromatic rings. The number of nitrogens with one attached hydrogen (secondary N) is 1. The number of hydrogen-bond acceptors (Lipinski definition) is 5. The number of thiazole rings is 1. The summed E-state index contributed by atoms with van der Waals surface area (Å²) in [6, 6.07) is -0.350. The number of rotatable bonds is 3. The van der Waals surface area contributed by atoms with Crippen LogP contribution in [0.15, 0.2) is 10.9 Å². The monoisotopic (exact) mass is 258 g/mol. The van der Waals surface area contributed by atoms with Crippen LogP contribution >= 0.6 is 36.2 Å². The Balaban J connectivity index is 0. The summed E-state index contributed by atoms with van der Waals surface area (Å²) in [5, 5.41) is 4.73. The second kappa shape index (κ2) is 7.84. The highest BCUT2D eigenvalue weighted by molar-refractivity contribution is 7.07. The van der Waals surface area contributed by atoms with Gasteiger partial charge in [-0.1, -0.05) is 0 Å². The molecule has 1 atom stereocenters. The predicted octanol–water partition coefficient (Wildman–Crippen LogP) is 1.96. The van der Waals surface area contributed by atoms with Gasteiger partial charge >= 0.3 is 5.97 Å². The first-order valence-electron chi connectivity index (χ1n) is 3.46. The fraction of sp³-hybridized carbons (Fsp3) is 0.429. The van der Waals surface area contributed by atoms with E-state index in [2.05, 4.69) is 15.0 Å². The van der Waals surface area contributed by atoms with Crippen LogP contribution in [-0.2, 0) is 9.53 Å². The summed E-state index contributed by atoms with van der Waals surface area (Å²) in [7, 11) is 1.36. The van der Waals surface area contributed by atoms with Crippen LogP contribution in [0.1, 0.15) is 6.92 Å². The first kappa shape index (κ1) is 15.9. The summed E-state index contributed by atoms with van der Waals surface area (Å²) in [5.41, 5.74) is 1.70. The van der Waals surface area contributed by atoms with E-state index in [1.165, 1.54) is 18.4 Å². The normalized spacial score (nSPS) is 10.4. The van der Waals surface area contributed by atoms with Crippen molar-refractivity contribution in [2.45, 2.75) is 13.0 Å². The highest BCUT2D eigenvalue weighted by Crippen LogP contribution is 2.08. The molecule has 1 N–H and O–H groups in total. The maximum absolute atomic E-state index is 10.9. The molecule has 4 nitrogen and oxygen atoms in total. The topological polar surface area (TPSA) is 51.2 Å². The zero-order chi connectivity index (χ0) is 8.97. The molecule has 1 rings (SSSR count). The molecule has 0 aliphatic rings. The number of aromatic nitrogens is 1. The summed E-state index contributed by atoms with van der Waals surface area (Å²) >= 11 is 1.48. The summed E-state index contributed by atoms with van der Waals surface area (Å²) in [4.78, 5) is 14.9. The van der Waals surface area contributed by atoms with Crippen molar-refractivity contribution >= 4 is 47.9 Å². The molecule has 0 saturated carbocycles. The zero-order valence-corrected chi connectivity index (χ0v) is 10.2. The van der Waals surface area contributed by atoms with E-state index in [9.17, 15) is 4.79 Å². The number of nitrogens with zero attached hydrogens (tertiary/aromatic N) is 1. The highest BCUT2D eigenvalue weighted by atomic mass is 35.5. The Kier molecular flexibility index (Phi) is 8.93. The number of anilines is 1. The minimum Gasteiger partial charge on any atom is -0.467 e. The maximum atomic E-state index is 10.9. The Morgan fingerprint density at radius 1 is 1.64 bits per heavy atom. The van der Waals surface area contributed by atoms with Gasteiger partial charge in [0.25, 0.3) is 0 Å². The van der Waals surface area contributed by atoms with Gasteiger partial charge in [0.1, 0.15) is 11.9 Å². The molecule has 1 aromatic heterocycles. The van der Waals surface area contributed by atoms with Gasteiger partial charge in [0.05, 0.1) is 12.6 Å². The number of carbonyl (C=O) groups is 1. The smallest absolute Gasteiger partial charge is 0.328 e. The SMILES string of the molecule is COC(=O)[C@H](C)Nc1cscn1.Cl.Cl. The molecule has 7 heteroatoms. The van der Waals surface area contributed by atoms with Crippen LogP contribution in [0.5, 0.6) is 0 Å². The average Bonchev–Trinajstić information content (AvgIpc) is 2.55. The molecule has 0 saturated heterocycles. The number of carbonyl (C=O) groups excluding carboxylic acids is 1. The van der Waals surface area contributed by atoms with Crippen molar-refractivity contribution in [2.24, 2.45) is 0 Å². The van der Waals surface area contributed by atoms with Crippen molar-refractivity contribution < 1.29 is 9.53 Å². The van der Waals surface area contributed by atoms with Crippen molar-refractivity contribution in [2.75, 3.05) is 12.4 Å². The van der Waals surface area contributed by atoms with Gasteiger partial charge in [-0.05, 0) is 6.92 Å². The molecule has 1 heterocycles. The van der Waals surface area contributed by atoms with Crippen LogP contribution in [0, 0.1) is 0 Å². The molecule has 14 heavy (non-hydrogen) atoms. The fourth-order valence-electron chi connectivity index (χ4n) is 0.741. The van der Waals surface area contributed by atoms with E-state index >= 15 is 0 Å². The lowest BCUT2D eigenvalue weighted by atomic mass is 10.3. The van der Waals surface area contributed by atoms with E-state index in [0.717, 1.165) is 0 Å². The molecule has 0 aliphatic heterocycles. The van der Waals surface area contributed by atoms with Crippen LogP contribution in [0.2, 0.25) is 0 Å². The van der Waals surface area contributed by atoms with Gasteiger partial charge in [0.15, 0.2) is 0 Å². The number of hydrogen-bond donors (Lipinski definition) is 1. The predicted molar refractivity (Wildman–Crippen MR) is 61.7 cm³/mol. The first-order chi connectivity index (χ1) is 5.74. The second-order valence-electron chi connectivity index (χ2n) is 2.26. The van der Waals surface area contributed by atoms with Gasteiger partial charge in [-0.25, -0.2) is 9.78 Å². The van der Waals surface area contributed by atoms with Crippen molar-refractivity contribution in [3.63, 3.8) is 0 Å². The molecule has 0 unspecified atom stereocenters. The molecule has 0 spiro atoms. The van der Waals surface area contributed by atoms with Gasteiger partial charge in [-0.2, -0.15) is 0 Å². The summed E-state index contributed by atoms with van der Waals surface area (Å²) in [5.74, 6) is 0.418. The molecule has 0 bridgehead atoms. The quantitative estimate of drug-likeness (QED) is 0.843. The lowest BCUT2D eigenvalue weighted by Crippen LogP contribution is -2.27. The maximum Gasteiger partial charge on any atom is 0.328 e. The first-order valence-corrected chi connectivity index (χ1v) is 4.41. The summed E-state index contributed by atoms with van der Waals surface area (Å²) in [6.07, 6.45) is 0. The summed E-state index contributed by atoms with van der Waals surface area (Å²) < 4.78 is 4.53. The molecular formula is C7H12Cl2N2O2S. The third-order valence-corrected chi connectivity index (χ3v) is 1.94.